The lowest BCUT2D eigenvalue weighted by Gasteiger charge is -1.85. The lowest BCUT2D eigenvalue weighted by atomic mass is 10.3. The third kappa shape index (κ3) is 3.96. The Kier molecular flexibility index (Phi) is 3.41. The standard InChI is InChI=1S/C5H12O/c1-2-3-4-5-6/h6H,2-5H2,1H3/i4D/t4-/m0/s1. The van der Waals surface area contributed by atoms with Crippen LogP contribution in [0, 0.1) is 0 Å². The van der Waals surface area contributed by atoms with Crippen LogP contribution in [0.25, 0.3) is 0 Å². The number of hydrogen-bond donors (Lipinski definition) is 1. The first-order valence-electron chi connectivity index (χ1n) is 2.92. The van der Waals surface area contributed by atoms with E-state index in [2.05, 4.69) is 0 Å². The van der Waals surface area contributed by atoms with Crippen LogP contribution in [-0.4, -0.2) is 11.7 Å². The highest BCUT2D eigenvalue weighted by atomic mass is 16.2. The second-order valence-electron chi connectivity index (χ2n) is 1.26. The van der Waals surface area contributed by atoms with Crippen LogP contribution >= 0.6 is 0 Å². The number of hydrogen-bond acceptors (Lipinski definition) is 1. The monoisotopic (exact) mass is 89.1 g/mol. The van der Waals surface area contributed by atoms with E-state index in [-0.39, 0.29) is 13.0 Å². The minimum absolute atomic E-state index is 0.00778. The van der Waals surface area contributed by atoms with Crippen LogP contribution in [0.5, 0.6) is 0 Å². The Hall–Kier alpha value is -0.0400. The van der Waals surface area contributed by atoms with E-state index >= 15 is 0 Å². The predicted molar refractivity (Wildman–Crippen MR) is 26.6 cm³/mol. The first kappa shape index (κ1) is 4.13. The zero-order valence-electron chi connectivity index (χ0n) is 5.15. The number of rotatable bonds is 3. The van der Waals surface area contributed by atoms with Crippen LogP contribution in [0.15, 0.2) is 0 Å². The summed E-state index contributed by atoms with van der Waals surface area (Å²) in [5.74, 6) is 0. The van der Waals surface area contributed by atoms with E-state index < -0.39 is 0 Å². The molecule has 1 atom stereocenters. The van der Waals surface area contributed by atoms with Gasteiger partial charge >= 0.3 is 0 Å². The average Bonchev–Trinajstić information content (AvgIpc) is 1.68. The summed E-state index contributed by atoms with van der Waals surface area (Å²) in [4.78, 5) is 0. The SMILES string of the molecule is [2H][C@H](CO)CCC. The van der Waals surface area contributed by atoms with E-state index in [0.29, 0.717) is 0 Å². The molecule has 0 saturated carbocycles. The summed E-state index contributed by atoms with van der Waals surface area (Å²) in [6.45, 7) is 2.02. The lowest BCUT2D eigenvalue weighted by molar-refractivity contribution is 0.284. The minimum atomic E-state index is -0.245. The Morgan fingerprint density at radius 1 is 1.83 bits per heavy atom. The van der Waals surface area contributed by atoms with E-state index in [1.165, 1.54) is 0 Å². The highest BCUT2D eigenvalue weighted by Crippen LogP contribution is 1.89. The number of aliphatic hydroxyl groups is 1. The van der Waals surface area contributed by atoms with Crippen molar-refractivity contribution in [2.24, 2.45) is 0 Å². The largest absolute Gasteiger partial charge is 0.396 e. The third-order valence-corrected chi connectivity index (χ3v) is 0.622. The Labute approximate surface area is 40.4 Å². The van der Waals surface area contributed by atoms with E-state index in [0.717, 1.165) is 12.8 Å². The summed E-state index contributed by atoms with van der Waals surface area (Å²) in [6, 6.07) is 0. The molecule has 0 radical (unpaired) electrons. The molecule has 0 unspecified atom stereocenters. The quantitative estimate of drug-likeness (QED) is 0.550. The maximum Gasteiger partial charge on any atom is 0.0431 e. The zero-order chi connectivity index (χ0) is 5.70. The summed E-state index contributed by atoms with van der Waals surface area (Å²) in [5, 5.41) is 8.28. The van der Waals surface area contributed by atoms with Crippen LogP contribution in [0.1, 0.15) is 27.5 Å². The van der Waals surface area contributed by atoms with Gasteiger partial charge in [-0.15, -0.1) is 0 Å². The van der Waals surface area contributed by atoms with Gasteiger partial charge in [0, 0.05) is 7.98 Å². The second kappa shape index (κ2) is 4.96. The fraction of sp³-hybridized carbons (Fsp3) is 1.00. The van der Waals surface area contributed by atoms with E-state index in [1.807, 2.05) is 6.92 Å². The van der Waals surface area contributed by atoms with Gasteiger partial charge in [0.15, 0.2) is 0 Å². The Balaban J connectivity index is 2.83. The summed E-state index contributed by atoms with van der Waals surface area (Å²) in [5.41, 5.74) is 0. The topological polar surface area (TPSA) is 20.2 Å². The van der Waals surface area contributed by atoms with Crippen LogP contribution < -0.4 is 0 Å². The zero-order valence-corrected chi connectivity index (χ0v) is 4.15. The molecule has 1 N–H and O–H groups in total. The molecule has 0 fully saturated rings. The lowest BCUT2D eigenvalue weighted by Crippen LogP contribution is -1.78. The molecule has 0 aromatic carbocycles. The van der Waals surface area contributed by atoms with Gasteiger partial charge in [-0.3, -0.25) is 0 Å². The molecule has 0 rings (SSSR count). The molecule has 0 aromatic heterocycles. The van der Waals surface area contributed by atoms with E-state index in [9.17, 15) is 0 Å². The fourth-order valence-corrected chi connectivity index (χ4v) is 0.295. The molecule has 0 aliphatic heterocycles. The van der Waals surface area contributed by atoms with Gasteiger partial charge in [0.25, 0.3) is 0 Å². The highest BCUT2D eigenvalue weighted by Gasteiger charge is 1.76. The van der Waals surface area contributed by atoms with Crippen molar-refractivity contribution in [1.29, 1.82) is 0 Å². The maximum absolute atomic E-state index is 8.28. The smallest absolute Gasteiger partial charge is 0.0431 e. The van der Waals surface area contributed by atoms with Crippen LogP contribution in [0.3, 0.4) is 0 Å². The summed E-state index contributed by atoms with van der Waals surface area (Å²) < 4.78 is 6.97. The number of aliphatic hydroxyl groups excluding tert-OH is 1. The molecule has 1 heteroatoms. The second-order valence-corrected chi connectivity index (χ2v) is 1.26. The van der Waals surface area contributed by atoms with Crippen LogP contribution in [-0.2, 0) is 0 Å². The predicted octanol–water partition coefficient (Wildman–Crippen LogP) is 1.17. The van der Waals surface area contributed by atoms with Crippen molar-refractivity contribution in [3.05, 3.63) is 0 Å². The summed E-state index contributed by atoms with van der Waals surface area (Å²) in [6.07, 6.45) is 1.57. The van der Waals surface area contributed by atoms with E-state index in [4.69, 9.17) is 6.48 Å². The summed E-state index contributed by atoms with van der Waals surface area (Å²) in [7, 11) is 0. The molecule has 0 aliphatic rings. The molecule has 6 heavy (non-hydrogen) atoms. The normalized spacial score (nSPS) is 16.7. The van der Waals surface area contributed by atoms with Crippen molar-refractivity contribution < 1.29 is 6.48 Å². The van der Waals surface area contributed by atoms with Gasteiger partial charge < -0.3 is 5.11 Å². The van der Waals surface area contributed by atoms with Gasteiger partial charge in [-0.25, -0.2) is 0 Å². The molecule has 0 saturated heterocycles. The van der Waals surface area contributed by atoms with Gasteiger partial charge in [0.05, 0.1) is 0 Å². The molecule has 1 nitrogen and oxygen atoms in total. The van der Waals surface area contributed by atoms with Crippen molar-refractivity contribution in [2.75, 3.05) is 6.61 Å². The van der Waals surface area contributed by atoms with Gasteiger partial charge in [-0.1, -0.05) is 19.8 Å². The molecule has 0 amide bonds. The van der Waals surface area contributed by atoms with Crippen molar-refractivity contribution in [2.45, 2.75) is 26.2 Å². The first-order valence-corrected chi connectivity index (χ1v) is 2.34. The molecule has 0 heterocycles. The maximum atomic E-state index is 8.28. The highest BCUT2D eigenvalue weighted by molar-refractivity contribution is 4.30. The van der Waals surface area contributed by atoms with Crippen LogP contribution in [0.4, 0.5) is 0 Å². The van der Waals surface area contributed by atoms with Crippen molar-refractivity contribution in [3.8, 4) is 0 Å². The van der Waals surface area contributed by atoms with E-state index in [1.54, 1.807) is 0 Å². The Morgan fingerprint density at radius 3 is 2.67 bits per heavy atom. The molecule has 0 spiro atoms. The van der Waals surface area contributed by atoms with Crippen molar-refractivity contribution >= 4 is 0 Å². The van der Waals surface area contributed by atoms with Gasteiger partial charge in [0.2, 0.25) is 0 Å². The van der Waals surface area contributed by atoms with Crippen molar-refractivity contribution in [1.82, 2.24) is 0 Å². The fourth-order valence-electron chi connectivity index (χ4n) is 0.295. The van der Waals surface area contributed by atoms with Gasteiger partial charge in [-0.2, -0.15) is 0 Å². The molecule has 0 aliphatic carbocycles. The first-order chi connectivity index (χ1) is 3.31. The molecule has 0 bridgehead atoms. The van der Waals surface area contributed by atoms with Gasteiger partial charge in [-0.05, 0) is 6.40 Å². The molecule has 0 aromatic rings. The summed E-state index contributed by atoms with van der Waals surface area (Å²) >= 11 is 0. The Morgan fingerprint density at radius 2 is 2.50 bits per heavy atom. The average molecular weight is 89.2 g/mol. The third-order valence-electron chi connectivity index (χ3n) is 0.622. The molecular formula is C5H12O. The molecular weight excluding hydrogens is 76.1 g/mol. The van der Waals surface area contributed by atoms with Gasteiger partial charge in [0.1, 0.15) is 0 Å². The Bertz CT molecular complexity index is 39.1. The van der Waals surface area contributed by atoms with Crippen LogP contribution in [0.2, 0.25) is 0 Å². The van der Waals surface area contributed by atoms with Crippen molar-refractivity contribution in [3.63, 3.8) is 0 Å². The molecule has 38 valence electrons. The minimum Gasteiger partial charge on any atom is -0.396 e.